The Morgan fingerprint density at radius 1 is 1.43 bits per heavy atom. The van der Waals surface area contributed by atoms with E-state index in [9.17, 15) is 0 Å². The number of nitrogens with zero attached hydrogens (tertiary/aromatic N) is 2. The molecule has 0 aromatic carbocycles. The largest absolute Gasteiger partial charge is 0.472 e. The summed E-state index contributed by atoms with van der Waals surface area (Å²) in [6.07, 6.45) is 1.65. The van der Waals surface area contributed by atoms with Crippen LogP contribution in [0.3, 0.4) is 0 Å². The van der Waals surface area contributed by atoms with Gasteiger partial charge in [-0.15, -0.1) is 11.3 Å². The monoisotopic (exact) mass is 224 g/mol. The van der Waals surface area contributed by atoms with Gasteiger partial charge in [-0.05, 0) is 6.07 Å². The average Bonchev–Trinajstić information content (AvgIpc) is 2.65. The second kappa shape index (κ2) is 2.93. The topological polar surface area (TPSA) is 35.0 Å². The summed E-state index contributed by atoms with van der Waals surface area (Å²) in [4.78, 5) is 9.38. The second-order valence-electron chi connectivity index (χ2n) is 2.94. The van der Waals surface area contributed by atoms with E-state index in [0.717, 1.165) is 16.1 Å². The molecule has 0 radical (unpaired) electrons. The van der Waals surface area contributed by atoms with Crippen LogP contribution in [-0.4, -0.2) is 9.97 Å². The first-order valence-corrected chi connectivity index (χ1v) is 5.31. The van der Waals surface area contributed by atoms with Gasteiger partial charge in [0.1, 0.15) is 11.5 Å². The Morgan fingerprint density at radius 3 is 3.29 bits per heavy atom. The molecular formula is C9H5ClN2OS. The molecule has 0 saturated carbocycles. The second-order valence-corrected chi connectivity index (χ2v) is 4.23. The van der Waals surface area contributed by atoms with Gasteiger partial charge >= 0.3 is 0 Å². The molecule has 3 rings (SSSR count). The minimum atomic E-state index is 0.500. The van der Waals surface area contributed by atoms with Crippen molar-refractivity contribution in [2.75, 3.05) is 0 Å². The zero-order valence-electron chi connectivity index (χ0n) is 7.03. The maximum absolute atomic E-state index is 5.85. The number of ether oxygens (including phenoxy) is 1. The van der Waals surface area contributed by atoms with Crippen molar-refractivity contribution in [3.05, 3.63) is 28.4 Å². The summed E-state index contributed by atoms with van der Waals surface area (Å²) in [6, 6.07) is 1.88. The van der Waals surface area contributed by atoms with Gasteiger partial charge < -0.3 is 4.74 Å². The molecule has 1 aliphatic rings. The molecule has 3 heterocycles. The molecule has 0 spiro atoms. The Kier molecular flexibility index (Phi) is 1.72. The van der Waals surface area contributed by atoms with Crippen LogP contribution in [0.15, 0.2) is 17.8 Å². The van der Waals surface area contributed by atoms with E-state index in [1.165, 1.54) is 11.3 Å². The minimum absolute atomic E-state index is 0.500. The molecule has 2 aromatic heterocycles. The fraction of sp³-hybridized carbons (Fsp3) is 0.111. The van der Waals surface area contributed by atoms with Crippen molar-refractivity contribution in [2.45, 2.75) is 6.61 Å². The van der Waals surface area contributed by atoms with Crippen molar-refractivity contribution >= 4 is 22.9 Å². The Morgan fingerprint density at radius 2 is 2.36 bits per heavy atom. The molecule has 0 atom stereocenters. The SMILES string of the molecule is Clc1cnc2c(c1)COc1ncsc1-2. The highest BCUT2D eigenvalue weighted by Crippen LogP contribution is 2.38. The Hall–Kier alpha value is -1.13. The van der Waals surface area contributed by atoms with Crippen LogP contribution in [0.1, 0.15) is 5.56 Å². The van der Waals surface area contributed by atoms with Crippen LogP contribution < -0.4 is 4.74 Å². The number of fused-ring (bicyclic) bond motifs is 3. The smallest absolute Gasteiger partial charge is 0.234 e. The molecule has 5 heteroatoms. The van der Waals surface area contributed by atoms with Crippen LogP contribution in [0.2, 0.25) is 5.02 Å². The molecular weight excluding hydrogens is 220 g/mol. The van der Waals surface area contributed by atoms with E-state index in [1.807, 2.05) is 6.07 Å². The average molecular weight is 225 g/mol. The van der Waals surface area contributed by atoms with E-state index >= 15 is 0 Å². The molecule has 3 nitrogen and oxygen atoms in total. The molecule has 14 heavy (non-hydrogen) atoms. The van der Waals surface area contributed by atoms with E-state index in [-0.39, 0.29) is 0 Å². The van der Waals surface area contributed by atoms with Crippen molar-refractivity contribution < 1.29 is 4.74 Å². The summed E-state index contributed by atoms with van der Waals surface area (Å²) in [5, 5.41) is 0.639. The van der Waals surface area contributed by atoms with Gasteiger partial charge in [-0.2, -0.15) is 0 Å². The van der Waals surface area contributed by atoms with Gasteiger partial charge in [0, 0.05) is 11.8 Å². The van der Waals surface area contributed by atoms with Gasteiger partial charge in [0.2, 0.25) is 5.88 Å². The van der Waals surface area contributed by atoms with Crippen LogP contribution in [0.4, 0.5) is 0 Å². The maximum atomic E-state index is 5.85. The Bertz CT molecular complexity index is 497. The summed E-state index contributed by atoms with van der Waals surface area (Å²) in [5.41, 5.74) is 3.73. The van der Waals surface area contributed by atoms with Crippen molar-refractivity contribution in [1.29, 1.82) is 0 Å². The minimum Gasteiger partial charge on any atom is -0.472 e. The molecule has 0 fully saturated rings. The molecule has 0 bridgehead atoms. The summed E-state index contributed by atoms with van der Waals surface area (Å²) in [6.45, 7) is 0.500. The van der Waals surface area contributed by atoms with Crippen molar-refractivity contribution in [2.24, 2.45) is 0 Å². The maximum Gasteiger partial charge on any atom is 0.234 e. The third-order valence-corrected chi connectivity index (χ3v) is 3.07. The van der Waals surface area contributed by atoms with E-state index in [4.69, 9.17) is 16.3 Å². The first-order chi connectivity index (χ1) is 6.84. The zero-order valence-corrected chi connectivity index (χ0v) is 8.60. The quantitative estimate of drug-likeness (QED) is 0.690. The summed E-state index contributed by atoms with van der Waals surface area (Å²) < 4.78 is 5.45. The summed E-state index contributed by atoms with van der Waals surface area (Å²) in [5.74, 6) is 0.678. The predicted molar refractivity (Wildman–Crippen MR) is 54.7 cm³/mol. The van der Waals surface area contributed by atoms with Crippen molar-refractivity contribution in [3.63, 3.8) is 0 Å². The van der Waals surface area contributed by atoms with Crippen LogP contribution in [-0.2, 0) is 6.61 Å². The number of halogens is 1. The lowest BCUT2D eigenvalue weighted by atomic mass is 10.1. The first-order valence-electron chi connectivity index (χ1n) is 4.05. The lowest BCUT2D eigenvalue weighted by molar-refractivity contribution is 0.291. The van der Waals surface area contributed by atoms with Crippen LogP contribution in [0, 0.1) is 0 Å². The standard InChI is InChI=1S/C9H5ClN2OS/c10-6-1-5-3-13-9-8(14-4-12-9)7(5)11-2-6/h1-2,4H,3H2. The molecule has 0 saturated heterocycles. The number of aromatic nitrogens is 2. The predicted octanol–water partition coefficient (Wildman–Crippen LogP) is 2.75. The Balaban J connectivity index is 2.26. The molecule has 0 unspecified atom stereocenters. The number of pyridine rings is 1. The van der Waals surface area contributed by atoms with Crippen molar-refractivity contribution in [1.82, 2.24) is 9.97 Å². The summed E-state index contributed by atoms with van der Waals surface area (Å²) in [7, 11) is 0. The third kappa shape index (κ3) is 1.11. The zero-order chi connectivity index (χ0) is 9.54. The van der Waals surface area contributed by atoms with Gasteiger partial charge in [0.25, 0.3) is 0 Å². The van der Waals surface area contributed by atoms with Crippen LogP contribution in [0.25, 0.3) is 10.6 Å². The van der Waals surface area contributed by atoms with E-state index in [2.05, 4.69) is 9.97 Å². The number of rotatable bonds is 0. The normalized spacial score (nSPS) is 12.9. The van der Waals surface area contributed by atoms with E-state index in [0.29, 0.717) is 17.5 Å². The molecule has 0 N–H and O–H groups in total. The number of hydrogen-bond donors (Lipinski definition) is 0. The molecule has 2 aromatic rings. The van der Waals surface area contributed by atoms with Gasteiger partial charge in [-0.25, -0.2) is 4.98 Å². The van der Waals surface area contributed by atoms with E-state index < -0.39 is 0 Å². The molecule has 0 aliphatic carbocycles. The highest BCUT2D eigenvalue weighted by molar-refractivity contribution is 7.13. The Labute approximate surface area is 89.3 Å². The molecule has 1 aliphatic heterocycles. The lowest BCUT2D eigenvalue weighted by Crippen LogP contribution is -2.05. The first kappa shape index (κ1) is 8.20. The van der Waals surface area contributed by atoms with Crippen molar-refractivity contribution in [3.8, 4) is 16.5 Å². The lowest BCUT2D eigenvalue weighted by Gasteiger charge is -2.14. The highest BCUT2D eigenvalue weighted by Gasteiger charge is 2.21. The van der Waals surface area contributed by atoms with Gasteiger partial charge in [-0.3, -0.25) is 4.98 Å². The number of thiazole rings is 1. The fourth-order valence-corrected chi connectivity index (χ4v) is 2.38. The van der Waals surface area contributed by atoms with Gasteiger partial charge in [-0.1, -0.05) is 11.6 Å². The fourth-order valence-electron chi connectivity index (χ4n) is 1.44. The summed E-state index contributed by atoms with van der Waals surface area (Å²) >= 11 is 7.38. The highest BCUT2D eigenvalue weighted by atomic mass is 35.5. The van der Waals surface area contributed by atoms with Crippen LogP contribution >= 0.6 is 22.9 Å². The van der Waals surface area contributed by atoms with E-state index in [1.54, 1.807) is 11.7 Å². The third-order valence-electron chi connectivity index (χ3n) is 2.05. The number of hydrogen-bond acceptors (Lipinski definition) is 4. The molecule has 70 valence electrons. The van der Waals surface area contributed by atoms with Gasteiger partial charge in [0.15, 0.2) is 0 Å². The molecule has 0 amide bonds. The van der Waals surface area contributed by atoms with Crippen LogP contribution in [0.5, 0.6) is 5.88 Å². The van der Waals surface area contributed by atoms with Gasteiger partial charge in [0.05, 0.1) is 16.2 Å².